The van der Waals surface area contributed by atoms with Crippen molar-refractivity contribution < 1.29 is 9.18 Å². The number of halogens is 1. The lowest BCUT2D eigenvalue weighted by atomic mass is 10.2. The number of thioether (sulfide) groups is 1. The highest BCUT2D eigenvalue weighted by atomic mass is 32.2. The van der Waals surface area contributed by atoms with E-state index in [-0.39, 0.29) is 5.56 Å². The number of amides is 1. The molecule has 0 aliphatic carbocycles. The van der Waals surface area contributed by atoms with Crippen molar-refractivity contribution >= 4 is 23.5 Å². The van der Waals surface area contributed by atoms with Crippen LogP contribution in [0.4, 0.5) is 10.2 Å². The molecule has 2 heterocycles. The molecule has 0 bridgehead atoms. The minimum atomic E-state index is -0.462. The molecule has 1 aromatic carbocycles. The van der Waals surface area contributed by atoms with Gasteiger partial charge < -0.3 is 5.32 Å². The lowest BCUT2D eigenvalue weighted by Crippen LogP contribution is -2.13. The summed E-state index contributed by atoms with van der Waals surface area (Å²) in [6.07, 6.45) is 3.53. The molecule has 1 amide bonds. The molecular weight excluding hydrogens is 327 g/mol. The largest absolute Gasteiger partial charge is 0.305 e. The lowest BCUT2D eigenvalue weighted by Gasteiger charge is -2.05. The van der Waals surface area contributed by atoms with Gasteiger partial charge in [0.25, 0.3) is 5.91 Å². The van der Waals surface area contributed by atoms with Gasteiger partial charge in [-0.05, 0) is 42.0 Å². The Hall–Kier alpha value is -2.80. The summed E-state index contributed by atoms with van der Waals surface area (Å²) >= 11 is 1.52. The normalized spacial score (nSPS) is 10.4. The number of benzene rings is 1. The zero-order valence-electron chi connectivity index (χ0n) is 12.5. The highest BCUT2D eigenvalue weighted by Gasteiger charge is 2.08. The molecule has 0 spiro atoms. The fourth-order valence-electron chi connectivity index (χ4n) is 1.92. The number of aromatic nitrogens is 3. The van der Waals surface area contributed by atoms with Crippen LogP contribution in [0.1, 0.15) is 15.9 Å². The monoisotopic (exact) mass is 340 g/mol. The zero-order chi connectivity index (χ0) is 16.8. The summed E-state index contributed by atoms with van der Waals surface area (Å²) in [5.74, 6) is 0.155. The number of nitrogens with zero attached hydrogens (tertiary/aromatic N) is 3. The molecule has 0 saturated heterocycles. The Kier molecular flexibility index (Phi) is 5.12. The number of rotatable bonds is 5. The van der Waals surface area contributed by atoms with E-state index in [1.54, 1.807) is 24.5 Å². The van der Waals surface area contributed by atoms with E-state index in [9.17, 15) is 9.18 Å². The van der Waals surface area contributed by atoms with Gasteiger partial charge in [0.2, 0.25) is 0 Å². The van der Waals surface area contributed by atoms with Gasteiger partial charge in [0.15, 0.2) is 5.82 Å². The highest BCUT2D eigenvalue weighted by molar-refractivity contribution is 7.98. The van der Waals surface area contributed by atoms with Gasteiger partial charge in [-0.15, -0.1) is 10.2 Å². The van der Waals surface area contributed by atoms with Crippen LogP contribution in [0.25, 0.3) is 0 Å². The summed E-state index contributed by atoms with van der Waals surface area (Å²) < 4.78 is 13.1. The third-order valence-corrected chi connectivity index (χ3v) is 4.07. The third-order valence-electron chi connectivity index (χ3n) is 3.08. The van der Waals surface area contributed by atoms with Crippen molar-refractivity contribution in [2.45, 2.75) is 10.8 Å². The molecular formula is C17H13FN4OS. The Bertz CT molecular complexity index is 828. The van der Waals surface area contributed by atoms with Crippen LogP contribution in [-0.2, 0) is 5.75 Å². The predicted molar refractivity (Wildman–Crippen MR) is 90.2 cm³/mol. The van der Waals surface area contributed by atoms with Crippen molar-refractivity contribution in [1.29, 1.82) is 0 Å². The Morgan fingerprint density at radius 1 is 1.12 bits per heavy atom. The van der Waals surface area contributed by atoms with Gasteiger partial charge in [-0.3, -0.25) is 9.78 Å². The maximum absolute atomic E-state index is 13.1. The number of hydrogen-bond donors (Lipinski definition) is 1. The molecule has 0 aliphatic heterocycles. The topological polar surface area (TPSA) is 67.8 Å². The molecule has 0 aliphatic rings. The lowest BCUT2D eigenvalue weighted by molar-refractivity contribution is 0.102. The summed E-state index contributed by atoms with van der Waals surface area (Å²) in [5.41, 5.74) is 1.32. The van der Waals surface area contributed by atoms with Crippen molar-refractivity contribution in [1.82, 2.24) is 15.2 Å². The fraction of sp³-hybridized carbons (Fsp3) is 0.0588. The van der Waals surface area contributed by atoms with Crippen LogP contribution < -0.4 is 5.32 Å². The fourth-order valence-corrected chi connectivity index (χ4v) is 2.67. The van der Waals surface area contributed by atoms with Crippen LogP contribution in [-0.4, -0.2) is 21.1 Å². The molecule has 24 heavy (non-hydrogen) atoms. The van der Waals surface area contributed by atoms with E-state index in [1.165, 1.54) is 36.0 Å². The second-order valence-electron chi connectivity index (χ2n) is 4.87. The summed E-state index contributed by atoms with van der Waals surface area (Å²) in [4.78, 5) is 16.1. The molecule has 0 saturated carbocycles. The molecule has 0 fully saturated rings. The Labute approximate surface area is 142 Å². The molecule has 120 valence electrons. The summed E-state index contributed by atoms with van der Waals surface area (Å²) in [5, 5.41) is 11.4. The van der Waals surface area contributed by atoms with E-state index >= 15 is 0 Å². The Morgan fingerprint density at radius 3 is 2.75 bits per heavy atom. The van der Waals surface area contributed by atoms with Gasteiger partial charge >= 0.3 is 0 Å². The van der Waals surface area contributed by atoms with Crippen molar-refractivity contribution in [3.63, 3.8) is 0 Å². The third kappa shape index (κ3) is 4.36. The molecule has 0 unspecified atom stereocenters. The van der Waals surface area contributed by atoms with Crippen LogP contribution in [0.2, 0.25) is 0 Å². The number of pyridine rings is 1. The SMILES string of the molecule is O=C(Nc1ccc(SCc2cccnc2)nn1)c1cccc(F)c1. The van der Waals surface area contributed by atoms with E-state index in [1.807, 2.05) is 12.1 Å². The number of anilines is 1. The van der Waals surface area contributed by atoms with Crippen LogP contribution in [0, 0.1) is 5.82 Å². The van der Waals surface area contributed by atoms with E-state index < -0.39 is 11.7 Å². The van der Waals surface area contributed by atoms with Gasteiger partial charge in [0, 0.05) is 23.7 Å². The Balaban J connectivity index is 1.59. The standard InChI is InChI=1S/C17H13FN4OS/c18-14-5-1-4-13(9-14)17(23)20-15-6-7-16(22-21-15)24-11-12-3-2-8-19-10-12/h1-10H,11H2,(H,20,21,23). The maximum atomic E-state index is 13.1. The number of carbonyl (C=O) groups is 1. The molecule has 0 radical (unpaired) electrons. The average molecular weight is 340 g/mol. The minimum Gasteiger partial charge on any atom is -0.305 e. The number of nitrogens with one attached hydrogen (secondary N) is 1. The van der Waals surface area contributed by atoms with Gasteiger partial charge in [-0.25, -0.2) is 4.39 Å². The predicted octanol–water partition coefficient (Wildman–Crippen LogP) is 3.56. The first kappa shape index (κ1) is 16.1. The number of carbonyl (C=O) groups excluding carboxylic acids is 1. The molecule has 5 nitrogen and oxygen atoms in total. The molecule has 3 aromatic rings. The molecule has 7 heteroatoms. The van der Waals surface area contributed by atoms with Crippen molar-refractivity contribution in [3.8, 4) is 0 Å². The summed E-state index contributed by atoms with van der Waals surface area (Å²) in [6.45, 7) is 0. The molecule has 3 rings (SSSR count). The molecule has 0 atom stereocenters. The maximum Gasteiger partial charge on any atom is 0.256 e. The van der Waals surface area contributed by atoms with E-state index in [2.05, 4.69) is 20.5 Å². The van der Waals surface area contributed by atoms with E-state index in [0.717, 1.165) is 16.3 Å². The zero-order valence-corrected chi connectivity index (χ0v) is 13.3. The first-order valence-electron chi connectivity index (χ1n) is 7.13. The first-order valence-corrected chi connectivity index (χ1v) is 8.11. The van der Waals surface area contributed by atoms with Gasteiger partial charge in [0.05, 0.1) is 0 Å². The quantitative estimate of drug-likeness (QED) is 0.719. The van der Waals surface area contributed by atoms with E-state index in [4.69, 9.17) is 0 Å². The van der Waals surface area contributed by atoms with Crippen LogP contribution in [0.15, 0.2) is 66.0 Å². The second-order valence-corrected chi connectivity index (χ2v) is 5.87. The minimum absolute atomic E-state index is 0.229. The van der Waals surface area contributed by atoms with Gasteiger partial charge in [0.1, 0.15) is 10.8 Å². The molecule has 1 N–H and O–H groups in total. The smallest absolute Gasteiger partial charge is 0.256 e. The average Bonchev–Trinajstić information content (AvgIpc) is 2.62. The van der Waals surface area contributed by atoms with Gasteiger partial charge in [-0.1, -0.05) is 23.9 Å². The number of hydrogen-bond acceptors (Lipinski definition) is 5. The first-order chi connectivity index (χ1) is 11.7. The second kappa shape index (κ2) is 7.65. The van der Waals surface area contributed by atoms with Crippen molar-refractivity contribution in [3.05, 3.63) is 77.9 Å². The van der Waals surface area contributed by atoms with Crippen molar-refractivity contribution in [2.24, 2.45) is 0 Å². The van der Waals surface area contributed by atoms with Crippen LogP contribution in [0.3, 0.4) is 0 Å². The van der Waals surface area contributed by atoms with Crippen LogP contribution >= 0.6 is 11.8 Å². The Morgan fingerprint density at radius 2 is 2.04 bits per heavy atom. The molecule has 2 aromatic heterocycles. The highest BCUT2D eigenvalue weighted by Crippen LogP contribution is 2.20. The van der Waals surface area contributed by atoms with Gasteiger partial charge in [-0.2, -0.15) is 0 Å². The summed E-state index contributed by atoms with van der Waals surface area (Å²) in [7, 11) is 0. The summed E-state index contributed by atoms with van der Waals surface area (Å²) in [6, 6.07) is 12.8. The van der Waals surface area contributed by atoms with Crippen molar-refractivity contribution in [2.75, 3.05) is 5.32 Å². The van der Waals surface area contributed by atoms with Crippen LogP contribution in [0.5, 0.6) is 0 Å². The van der Waals surface area contributed by atoms with E-state index in [0.29, 0.717) is 5.82 Å².